The summed E-state index contributed by atoms with van der Waals surface area (Å²) in [6.45, 7) is 14.3. The number of hydrogen-bond acceptors (Lipinski definition) is 19. The number of hydrogen-bond donors (Lipinski definition) is 0. The maximum atomic E-state index is 18.2. The van der Waals surface area contributed by atoms with Crippen molar-refractivity contribution in [3.8, 4) is 61.0 Å². The molecule has 0 amide bonds. The molecule has 5 fully saturated rings. The van der Waals surface area contributed by atoms with Crippen molar-refractivity contribution in [3.63, 3.8) is 0 Å². The van der Waals surface area contributed by atoms with Gasteiger partial charge in [-0.25, -0.2) is 0 Å². The van der Waals surface area contributed by atoms with E-state index in [1.807, 2.05) is 39.8 Å². The summed E-state index contributed by atoms with van der Waals surface area (Å²) in [6.07, 6.45) is 0. The van der Waals surface area contributed by atoms with Crippen LogP contribution in [0.15, 0.2) is 40.3 Å². The van der Waals surface area contributed by atoms with Crippen LogP contribution >= 0.6 is 11.8 Å². The van der Waals surface area contributed by atoms with Crippen LogP contribution in [0, 0.1) is 32.3 Å². The molecule has 25 aliphatic rings. The second-order valence-corrected chi connectivity index (χ2v) is 38.7. The van der Waals surface area contributed by atoms with Crippen molar-refractivity contribution in [1.29, 1.82) is 5.26 Å². The summed E-state index contributed by atoms with van der Waals surface area (Å²) in [6, 6.07) is 8.22. The van der Waals surface area contributed by atoms with Crippen molar-refractivity contribution in [3.05, 3.63) is 136 Å². The van der Waals surface area contributed by atoms with E-state index in [1.54, 1.807) is 27.7 Å². The Morgan fingerprint density at radius 3 is 1.03 bits per heavy atom. The fourth-order valence-electron chi connectivity index (χ4n) is 38.7. The zero-order valence-corrected chi connectivity index (χ0v) is 63.5. The minimum absolute atomic E-state index is 0.0797. The molecule has 1 aliphatic heterocycles. The minimum Gasteiger partial charge on any atom is -0.465 e. The van der Waals surface area contributed by atoms with Crippen LogP contribution in [0.2, 0.25) is 0 Å². The van der Waals surface area contributed by atoms with E-state index >= 15 is 38.4 Å². The Morgan fingerprint density at radius 2 is 0.603 bits per heavy atom. The molecule has 24 aliphatic carbocycles. The van der Waals surface area contributed by atoms with E-state index in [-0.39, 0.29) is 65.9 Å². The highest BCUT2D eigenvalue weighted by Crippen LogP contribution is 3.11. The summed E-state index contributed by atoms with van der Waals surface area (Å²) in [5.74, 6) is -5.65. The first kappa shape index (κ1) is 56.4. The average Bonchev–Trinajstić information content (AvgIpc) is 1.32. The average molecular weight is 1530 g/mol. The molecule has 1 saturated heterocycles. The highest BCUT2D eigenvalue weighted by atomic mass is 32.2. The molecule has 10 spiro atoms. The third kappa shape index (κ3) is 3.15. The van der Waals surface area contributed by atoms with Gasteiger partial charge in [0, 0.05) is 23.7 Å². The van der Waals surface area contributed by atoms with E-state index in [4.69, 9.17) is 37.9 Å². The third-order valence-corrected chi connectivity index (χ3v) is 38.7. The summed E-state index contributed by atoms with van der Waals surface area (Å²) in [5.41, 5.74) is 2.68. The number of allylic oxidation sites excluding steroid dienone is 2. The molecule has 0 radical (unpaired) electrons. The molecule has 0 aromatic heterocycles. The van der Waals surface area contributed by atoms with E-state index in [0.29, 0.717) is 0 Å². The molecule has 0 bridgehead atoms. The van der Waals surface area contributed by atoms with Gasteiger partial charge in [-0.15, -0.1) is 0 Å². The number of nitrogens with zero attached hydrogens (tertiary/aromatic N) is 2. The van der Waals surface area contributed by atoms with Crippen LogP contribution < -0.4 is 4.90 Å². The van der Waals surface area contributed by atoms with Gasteiger partial charge in [-0.2, -0.15) is 5.26 Å². The molecule has 0 N–H and O–H groups in total. The lowest BCUT2D eigenvalue weighted by molar-refractivity contribution is -0.167. The number of ether oxygens (including phenoxy) is 8. The number of rotatable bonds is 18. The molecule has 13 aromatic carbocycles. The molecule has 548 valence electrons. The highest BCUT2D eigenvalue weighted by Gasteiger charge is 3.14. The lowest BCUT2D eigenvalue weighted by atomic mass is 9.46. The Kier molecular flexibility index (Phi) is 6.71. The minimum atomic E-state index is -2.26. The van der Waals surface area contributed by atoms with Gasteiger partial charge in [0.2, 0.25) is 0 Å². The van der Waals surface area contributed by atoms with Crippen molar-refractivity contribution < 1.29 is 76.3 Å². The van der Waals surface area contributed by atoms with Gasteiger partial charge < -0.3 is 42.8 Å². The first-order valence-electron chi connectivity index (χ1n) is 41.7. The van der Waals surface area contributed by atoms with E-state index in [2.05, 4.69) is 22.4 Å². The summed E-state index contributed by atoms with van der Waals surface area (Å²) in [7, 11) is 0. The zero-order valence-electron chi connectivity index (χ0n) is 62.7. The molecule has 19 heteroatoms. The lowest BCUT2D eigenvalue weighted by Gasteiger charge is -2.54. The Hall–Kier alpha value is -11.9. The van der Waals surface area contributed by atoms with E-state index in [9.17, 15) is 5.26 Å². The van der Waals surface area contributed by atoms with Crippen molar-refractivity contribution in [2.24, 2.45) is 21.7 Å². The highest BCUT2D eigenvalue weighted by molar-refractivity contribution is 8.03. The van der Waals surface area contributed by atoms with Crippen molar-refractivity contribution >= 4 is 173 Å². The summed E-state index contributed by atoms with van der Waals surface area (Å²) in [5, 5.41) is 29.0. The summed E-state index contributed by atoms with van der Waals surface area (Å²) < 4.78 is 55.6. The quantitative estimate of drug-likeness (QED) is 0.0194. The monoisotopic (exact) mass is 1530 g/mol. The Morgan fingerprint density at radius 1 is 0.302 bits per heavy atom. The molecular formula is C97H48N2O16S. The number of anilines is 1. The van der Waals surface area contributed by atoms with Gasteiger partial charge in [-0.05, 0) is 366 Å². The molecule has 10 atom stereocenters. The van der Waals surface area contributed by atoms with E-state index in [1.165, 1.54) is 0 Å². The number of nitriles is 1. The first-order valence-corrected chi connectivity index (χ1v) is 42.6. The van der Waals surface area contributed by atoms with Crippen LogP contribution in [-0.4, -0.2) is 114 Å². The second-order valence-electron chi connectivity index (χ2n) is 37.9. The third-order valence-electron chi connectivity index (χ3n) is 38.1. The molecule has 1 heterocycles. The van der Waals surface area contributed by atoms with Gasteiger partial charge in [-0.1, -0.05) is 0 Å². The molecule has 10 unspecified atom stereocenters. The van der Waals surface area contributed by atoms with Crippen LogP contribution in [0.1, 0.15) is 156 Å². The number of thiocyanates is 1. The maximum absolute atomic E-state index is 18.2. The molecule has 38 rings (SSSR count). The lowest BCUT2D eigenvalue weighted by Crippen LogP contribution is -2.54. The fourth-order valence-corrected chi connectivity index (χ4v) is 39.1. The summed E-state index contributed by atoms with van der Waals surface area (Å²) in [4.78, 5) is 148. The van der Waals surface area contributed by atoms with Gasteiger partial charge >= 0.3 is 47.8 Å². The molecule has 116 heavy (non-hydrogen) atoms. The number of thioether (sulfide) groups is 1. The van der Waals surface area contributed by atoms with Crippen LogP contribution in [-0.2, 0) is 130 Å². The molecular weight excluding hydrogens is 1480 g/mol. The number of benzene rings is 11. The Labute approximate surface area is 654 Å². The summed E-state index contributed by atoms with van der Waals surface area (Å²) >= 11 is 1.08. The van der Waals surface area contributed by atoms with Crippen LogP contribution in [0.5, 0.6) is 0 Å². The van der Waals surface area contributed by atoms with E-state index in [0.717, 1.165) is 297 Å². The smallest absolute Gasteiger partial charge is 0.326 e. The standard InChI is InChI=1S/C97H48N2O16S/c1-9-108-76(100)94(77(101)109-10-2)86-58-34-28-26-27-29-35(34)60(86)51-52-68-45-43-32-33-46-44-42(32)63-50(64(43)88(68,86)94)49(58)59-36(28)37-30(26)39-40-31(27)41-38(29)61(51)90-70(52)48-47(45)57(33)84-21-99(24-17-19-25(20-18-24)116-23-98)22-85(84)71(46)73-54-53(62(37)89(69(44)54)87(59,63)95(89,78(102)110-11-3)79(103)111-12-4)65(39)91-66(40)55-56(75(85)93(73,91)97(91,82(106)114-15-7)83(107)115-16-8)74(72(48)84)92(90,67(41)55)96(90,80(104)112-13-5)81(105)113-14-6/h17-20H,9-16,21-22H2,1-8H3. The van der Waals surface area contributed by atoms with Crippen molar-refractivity contribution in [1.82, 2.24) is 0 Å². The SMILES string of the molecule is CCOC(=O)C1(C(=O)OCC)C23C4=C5c6c7c8c9c%10c6c6c%11c%12c%13c%14c%15c(c%12%10)C9%10C(C(=O)OCC)(C(=O)OCC)C%109c%10c-8c(c8c%12c2c2c%16c%17c%18c%19c%20c%21c%22c%23c(c-%15c9c9c%10c8c(c%12%17)c(c%18%22)c9%23)C%148C(C(=O)OCC)(C(=O)OCC)C%218c8c-%13c-%11c9c(c8-%20)C8(C(=C42)C92CN(c4ccc(SC#N)cc4)CC562)C(C(=O)OCC)(C(=O)OCC)C%16%198)C713. The number of esters is 8. The first-order chi connectivity index (χ1) is 56.6. The largest absolute Gasteiger partial charge is 0.465 e. The van der Waals surface area contributed by atoms with Crippen LogP contribution in [0.25, 0.3) is 164 Å². The van der Waals surface area contributed by atoms with Gasteiger partial charge in [-0.3, -0.25) is 38.4 Å². The molecule has 13 aromatic rings. The van der Waals surface area contributed by atoms with E-state index < -0.39 is 124 Å². The van der Waals surface area contributed by atoms with Crippen molar-refractivity contribution in [2.45, 2.75) is 114 Å². The maximum Gasteiger partial charge on any atom is 0.326 e. The van der Waals surface area contributed by atoms with Crippen molar-refractivity contribution in [2.75, 3.05) is 70.8 Å². The molecule has 4 saturated carbocycles. The fraction of sp³-hybridized carbons (Fsp3) is 0.330. The Bertz CT molecular complexity index is 8500. The van der Waals surface area contributed by atoms with Crippen LogP contribution in [0.3, 0.4) is 0 Å². The van der Waals surface area contributed by atoms with Gasteiger partial charge in [0.1, 0.15) is 5.40 Å². The second kappa shape index (κ2) is 13.8. The predicted octanol–water partition coefficient (Wildman–Crippen LogP) is 12.9. The predicted molar refractivity (Wildman–Crippen MR) is 415 cm³/mol. The van der Waals surface area contributed by atoms with Gasteiger partial charge in [0.25, 0.3) is 0 Å². The zero-order chi connectivity index (χ0) is 76.2. The molecule has 18 nitrogen and oxygen atoms in total. The van der Waals surface area contributed by atoms with Crippen LogP contribution in [0.4, 0.5) is 5.69 Å². The normalized spacial score (nSPS) is 32.7. The topological polar surface area (TPSA) is 237 Å². The number of carbonyl (C=O) groups excluding carboxylic acids is 8. The Balaban J connectivity index is 0.920. The number of carbonyl (C=O) groups is 8. The van der Waals surface area contributed by atoms with Gasteiger partial charge in [0.15, 0.2) is 21.7 Å². The van der Waals surface area contributed by atoms with Gasteiger partial charge in [0.05, 0.1) is 107 Å².